The van der Waals surface area contributed by atoms with Crippen LogP contribution in [0.5, 0.6) is 0 Å². The second kappa shape index (κ2) is 5.89. The lowest BCUT2D eigenvalue weighted by Crippen LogP contribution is -2.46. The van der Waals surface area contributed by atoms with Gasteiger partial charge in [-0.3, -0.25) is 0 Å². The molecule has 0 aromatic rings. The molecule has 0 aromatic carbocycles. The summed E-state index contributed by atoms with van der Waals surface area (Å²) in [6, 6.07) is 1.17. The van der Waals surface area contributed by atoms with Crippen molar-refractivity contribution in [2.45, 2.75) is 45.2 Å². The summed E-state index contributed by atoms with van der Waals surface area (Å²) in [7, 11) is 4.40. The van der Waals surface area contributed by atoms with Crippen LogP contribution >= 0.6 is 0 Å². The van der Waals surface area contributed by atoms with Gasteiger partial charge in [-0.2, -0.15) is 0 Å². The van der Waals surface area contributed by atoms with Gasteiger partial charge in [-0.05, 0) is 57.7 Å². The third-order valence-electron chi connectivity index (χ3n) is 5.18. The zero-order valence-corrected chi connectivity index (χ0v) is 12.6. The summed E-state index contributed by atoms with van der Waals surface area (Å²) in [5.41, 5.74) is 6.40. The molecule has 2 N–H and O–H groups in total. The molecule has 5 atom stereocenters. The van der Waals surface area contributed by atoms with Gasteiger partial charge in [-0.25, -0.2) is 0 Å². The molecule has 3 heteroatoms. The Morgan fingerprint density at radius 2 is 1.94 bits per heavy atom. The summed E-state index contributed by atoms with van der Waals surface area (Å²) < 4.78 is 0. The Morgan fingerprint density at radius 1 is 1.22 bits per heavy atom. The van der Waals surface area contributed by atoms with Gasteiger partial charge in [0.15, 0.2) is 0 Å². The van der Waals surface area contributed by atoms with E-state index in [2.05, 4.69) is 37.7 Å². The maximum Gasteiger partial charge on any atom is 0.0229 e. The molecule has 2 rings (SSSR count). The Labute approximate surface area is 113 Å². The average molecular weight is 253 g/mol. The Balaban J connectivity index is 1.86. The van der Waals surface area contributed by atoms with Crippen LogP contribution in [-0.4, -0.2) is 55.6 Å². The maximum atomic E-state index is 6.40. The molecule has 106 valence electrons. The Hall–Kier alpha value is -0.120. The highest BCUT2D eigenvalue weighted by Crippen LogP contribution is 2.33. The van der Waals surface area contributed by atoms with Crippen molar-refractivity contribution in [3.8, 4) is 0 Å². The summed E-state index contributed by atoms with van der Waals surface area (Å²) >= 11 is 0. The molecule has 0 bridgehead atoms. The fraction of sp³-hybridized carbons (Fsp3) is 1.00. The average Bonchev–Trinajstić information content (AvgIpc) is 2.71. The van der Waals surface area contributed by atoms with Crippen molar-refractivity contribution >= 4 is 0 Å². The third-order valence-corrected chi connectivity index (χ3v) is 5.18. The first kappa shape index (κ1) is 14.3. The van der Waals surface area contributed by atoms with Gasteiger partial charge in [-0.1, -0.05) is 13.8 Å². The van der Waals surface area contributed by atoms with Gasteiger partial charge in [0, 0.05) is 25.2 Å². The van der Waals surface area contributed by atoms with E-state index in [0.717, 1.165) is 17.9 Å². The van der Waals surface area contributed by atoms with Gasteiger partial charge in [0.25, 0.3) is 0 Å². The van der Waals surface area contributed by atoms with Crippen LogP contribution < -0.4 is 5.73 Å². The van der Waals surface area contributed by atoms with Crippen molar-refractivity contribution in [2.75, 3.05) is 33.7 Å². The van der Waals surface area contributed by atoms with E-state index in [0.29, 0.717) is 12.0 Å². The molecule has 0 spiro atoms. The molecule has 1 saturated carbocycles. The van der Waals surface area contributed by atoms with E-state index in [4.69, 9.17) is 5.73 Å². The van der Waals surface area contributed by atoms with Crippen molar-refractivity contribution < 1.29 is 0 Å². The van der Waals surface area contributed by atoms with Crippen LogP contribution in [0.15, 0.2) is 0 Å². The van der Waals surface area contributed by atoms with Crippen LogP contribution in [-0.2, 0) is 0 Å². The van der Waals surface area contributed by atoms with Gasteiger partial charge in [-0.15, -0.1) is 0 Å². The van der Waals surface area contributed by atoms with Crippen molar-refractivity contribution in [1.29, 1.82) is 0 Å². The number of hydrogen-bond acceptors (Lipinski definition) is 3. The molecule has 5 unspecified atom stereocenters. The minimum absolute atomic E-state index is 0.419. The smallest absolute Gasteiger partial charge is 0.0229 e. The molecule has 2 aliphatic rings. The lowest BCUT2D eigenvalue weighted by molar-refractivity contribution is 0.126. The van der Waals surface area contributed by atoms with Crippen LogP contribution in [0.25, 0.3) is 0 Å². The lowest BCUT2D eigenvalue weighted by Gasteiger charge is -2.39. The fourth-order valence-electron chi connectivity index (χ4n) is 3.98. The largest absolute Gasteiger partial charge is 0.327 e. The Kier molecular flexibility index (Phi) is 4.68. The zero-order valence-electron chi connectivity index (χ0n) is 12.6. The van der Waals surface area contributed by atoms with Crippen LogP contribution in [0.3, 0.4) is 0 Å². The minimum atomic E-state index is 0.419. The Bertz CT molecular complexity index is 254. The fourth-order valence-corrected chi connectivity index (χ4v) is 3.98. The second-order valence-corrected chi connectivity index (χ2v) is 7.05. The molecule has 18 heavy (non-hydrogen) atoms. The highest BCUT2D eigenvalue weighted by Gasteiger charge is 2.34. The summed E-state index contributed by atoms with van der Waals surface area (Å²) in [4.78, 5) is 5.01. The molecule has 2 fully saturated rings. The highest BCUT2D eigenvalue weighted by atomic mass is 15.2. The molecule has 1 aliphatic carbocycles. The molecule has 0 amide bonds. The summed E-state index contributed by atoms with van der Waals surface area (Å²) in [5.74, 6) is 2.32. The van der Waals surface area contributed by atoms with Crippen molar-refractivity contribution in [1.82, 2.24) is 9.80 Å². The third kappa shape index (κ3) is 3.25. The van der Waals surface area contributed by atoms with Crippen molar-refractivity contribution in [2.24, 2.45) is 23.5 Å². The van der Waals surface area contributed by atoms with Crippen LogP contribution in [0, 0.1) is 17.8 Å². The quantitative estimate of drug-likeness (QED) is 0.830. The molecular formula is C15H31N3. The van der Waals surface area contributed by atoms with Gasteiger partial charge in [0.05, 0.1) is 0 Å². The number of nitrogens with zero attached hydrogens (tertiary/aromatic N) is 2. The number of rotatable bonds is 3. The van der Waals surface area contributed by atoms with E-state index in [9.17, 15) is 0 Å². The molecule has 3 nitrogen and oxygen atoms in total. The van der Waals surface area contributed by atoms with Gasteiger partial charge < -0.3 is 15.5 Å². The monoisotopic (exact) mass is 253 g/mol. The van der Waals surface area contributed by atoms with Crippen LogP contribution in [0.1, 0.15) is 33.1 Å². The lowest BCUT2D eigenvalue weighted by atomic mass is 9.72. The van der Waals surface area contributed by atoms with Crippen LogP contribution in [0.4, 0.5) is 0 Å². The normalized spacial score (nSPS) is 42.7. The molecular weight excluding hydrogens is 222 g/mol. The van der Waals surface area contributed by atoms with Crippen LogP contribution in [0.2, 0.25) is 0 Å². The molecule has 1 aliphatic heterocycles. The second-order valence-electron chi connectivity index (χ2n) is 7.05. The first-order chi connectivity index (χ1) is 8.47. The zero-order chi connectivity index (χ0) is 13.3. The topological polar surface area (TPSA) is 32.5 Å². The maximum absolute atomic E-state index is 6.40. The van der Waals surface area contributed by atoms with E-state index in [1.807, 2.05) is 0 Å². The number of likely N-dealkylation sites (N-methyl/N-ethyl adjacent to an activating group) is 1. The molecule has 1 saturated heterocycles. The molecule has 0 radical (unpaired) electrons. The number of hydrogen-bond donors (Lipinski definition) is 1. The SMILES string of the molecule is CC1CC(C)C(CN2CCC(N(C)C)C2)C(N)C1. The van der Waals surface area contributed by atoms with E-state index >= 15 is 0 Å². The predicted octanol–water partition coefficient (Wildman–Crippen LogP) is 1.63. The highest BCUT2D eigenvalue weighted by molar-refractivity contribution is 4.90. The first-order valence-corrected chi connectivity index (χ1v) is 7.61. The van der Waals surface area contributed by atoms with Gasteiger partial charge >= 0.3 is 0 Å². The Morgan fingerprint density at radius 3 is 2.50 bits per heavy atom. The number of nitrogens with two attached hydrogens (primary N) is 1. The summed E-state index contributed by atoms with van der Waals surface area (Å²) in [5, 5.41) is 0. The predicted molar refractivity (Wildman–Crippen MR) is 77.6 cm³/mol. The van der Waals surface area contributed by atoms with Gasteiger partial charge in [0.2, 0.25) is 0 Å². The van der Waals surface area contributed by atoms with E-state index in [-0.39, 0.29) is 0 Å². The van der Waals surface area contributed by atoms with Gasteiger partial charge in [0.1, 0.15) is 0 Å². The molecule has 0 aromatic heterocycles. The first-order valence-electron chi connectivity index (χ1n) is 7.61. The van der Waals surface area contributed by atoms with Crippen molar-refractivity contribution in [3.05, 3.63) is 0 Å². The van der Waals surface area contributed by atoms with Crippen molar-refractivity contribution in [3.63, 3.8) is 0 Å². The minimum Gasteiger partial charge on any atom is -0.327 e. The standard InChI is InChI=1S/C15H31N3/c1-11-7-12(2)14(15(16)8-11)10-18-6-5-13(9-18)17(3)4/h11-15H,5-10,16H2,1-4H3. The summed E-state index contributed by atoms with van der Waals surface area (Å²) in [6.45, 7) is 8.47. The van der Waals surface area contributed by atoms with E-state index in [1.54, 1.807) is 0 Å². The molecule has 1 heterocycles. The van der Waals surface area contributed by atoms with E-state index in [1.165, 1.54) is 38.9 Å². The number of likely N-dealkylation sites (tertiary alicyclic amines) is 1. The summed E-state index contributed by atoms with van der Waals surface area (Å²) in [6.07, 6.45) is 3.91. The van der Waals surface area contributed by atoms with E-state index < -0.39 is 0 Å².